The van der Waals surface area contributed by atoms with E-state index < -0.39 is 0 Å². The molecule has 1 aliphatic rings. The normalized spacial score (nSPS) is 13.6. The molecule has 3 aromatic rings. The Balaban J connectivity index is 1.13. The smallest absolute Gasteiger partial charge is 0.212 e. The van der Waals surface area contributed by atoms with Crippen LogP contribution in [0.1, 0.15) is 231 Å². The Labute approximate surface area is 389 Å². The number of hydrogen-bond acceptors (Lipinski definition) is 1. The maximum atomic E-state index is 2.53. The summed E-state index contributed by atoms with van der Waals surface area (Å²) in [6, 6.07) is 22.3. The summed E-state index contributed by atoms with van der Waals surface area (Å²) in [5, 5.41) is 1.32. The molecule has 0 atom stereocenters. The Morgan fingerprint density at radius 2 is 0.873 bits per heavy atom. The van der Waals surface area contributed by atoms with Gasteiger partial charge >= 0.3 is 0 Å². The van der Waals surface area contributed by atoms with Crippen LogP contribution in [0.25, 0.3) is 23.1 Å². The van der Waals surface area contributed by atoms with Gasteiger partial charge in [-0.15, -0.1) is 0 Å². The molecule has 0 amide bonds. The zero-order valence-corrected chi connectivity index (χ0v) is 40.9. The zero-order chi connectivity index (χ0) is 44.1. The number of unbranched alkanes of at least 4 members (excludes halogenated alkanes) is 30. The lowest BCUT2D eigenvalue weighted by Gasteiger charge is -2.30. The zero-order valence-electron chi connectivity index (χ0n) is 40.9. The fourth-order valence-corrected chi connectivity index (χ4v) is 9.48. The molecule has 0 unspecified atom stereocenters. The fraction of sp³-hybridized carbons (Fsp3) is 0.590. The van der Waals surface area contributed by atoms with Gasteiger partial charge in [-0.2, -0.15) is 4.57 Å². The molecule has 2 heteroatoms. The first kappa shape index (κ1) is 52.0. The van der Waals surface area contributed by atoms with Crippen molar-refractivity contribution in [1.82, 2.24) is 0 Å². The number of aromatic nitrogens is 1. The van der Waals surface area contributed by atoms with Crippen LogP contribution in [0.5, 0.6) is 0 Å². The van der Waals surface area contributed by atoms with Crippen LogP contribution in [0.2, 0.25) is 0 Å². The van der Waals surface area contributed by atoms with E-state index in [-0.39, 0.29) is 0 Å². The molecule has 2 aromatic carbocycles. The van der Waals surface area contributed by atoms with Crippen molar-refractivity contribution in [2.45, 2.75) is 226 Å². The Hall–Kier alpha value is -3.65. The lowest BCUT2D eigenvalue weighted by atomic mass is 10.0. The second-order valence-corrected chi connectivity index (χ2v) is 18.8. The first-order valence-corrected chi connectivity index (χ1v) is 27.0. The first-order valence-electron chi connectivity index (χ1n) is 27.0. The first-order chi connectivity index (χ1) is 31.3. The molecule has 0 N–H and O–H groups in total. The number of benzene rings is 2. The van der Waals surface area contributed by atoms with Crippen molar-refractivity contribution in [3.8, 4) is 0 Å². The van der Waals surface area contributed by atoms with Gasteiger partial charge in [-0.3, -0.25) is 0 Å². The summed E-state index contributed by atoms with van der Waals surface area (Å²) < 4.78 is 2.53. The van der Waals surface area contributed by atoms with E-state index in [2.05, 4.69) is 139 Å². The molecule has 63 heavy (non-hydrogen) atoms. The summed E-state index contributed by atoms with van der Waals surface area (Å²) in [6.45, 7) is 6.75. The Morgan fingerprint density at radius 3 is 1.44 bits per heavy atom. The minimum Gasteiger partial charge on any atom is -0.341 e. The van der Waals surface area contributed by atoms with E-state index in [0.29, 0.717) is 0 Å². The van der Waals surface area contributed by atoms with Crippen LogP contribution in [0.15, 0.2) is 109 Å². The Kier molecular flexibility index (Phi) is 29.4. The quantitative estimate of drug-likeness (QED) is 0.0316. The summed E-state index contributed by atoms with van der Waals surface area (Å²) in [5.74, 6) is 0. The summed E-state index contributed by atoms with van der Waals surface area (Å²) in [5.41, 5.74) is 6.54. The van der Waals surface area contributed by atoms with Crippen molar-refractivity contribution in [2.75, 3.05) is 11.4 Å². The van der Waals surface area contributed by atoms with Gasteiger partial charge < -0.3 is 4.90 Å². The molecule has 0 radical (unpaired) electrons. The van der Waals surface area contributed by atoms with Gasteiger partial charge in [0.25, 0.3) is 0 Å². The van der Waals surface area contributed by atoms with Gasteiger partial charge in [-0.05, 0) is 48.8 Å². The maximum absolute atomic E-state index is 2.53. The molecular weight excluding hydrogens is 761 g/mol. The number of nitrogens with zero attached hydrogens (tertiary/aromatic N) is 2. The van der Waals surface area contributed by atoms with E-state index in [9.17, 15) is 0 Å². The molecule has 0 spiro atoms. The van der Waals surface area contributed by atoms with E-state index in [4.69, 9.17) is 0 Å². The minimum absolute atomic E-state index is 1.07. The van der Waals surface area contributed by atoms with Crippen LogP contribution >= 0.6 is 0 Å². The van der Waals surface area contributed by atoms with E-state index in [1.54, 1.807) is 0 Å². The predicted octanol–water partition coefficient (Wildman–Crippen LogP) is 19.2. The Bertz CT molecular complexity index is 1740. The molecule has 2 heterocycles. The SMILES string of the molecule is CCCCCCCCCCCCCCCCCCCCCC[n+]1c(/C=C/C=C/C=C/C=C2\C=Cc3ccccc3N2CCCCCCCCCCCCCC)ccc2ccccc21. The van der Waals surface area contributed by atoms with E-state index in [0.717, 1.165) is 13.1 Å². The Morgan fingerprint density at radius 1 is 0.413 bits per heavy atom. The van der Waals surface area contributed by atoms with Crippen LogP contribution in [-0.4, -0.2) is 6.54 Å². The van der Waals surface area contributed by atoms with Gasteiger partial charge in [0, 0.05) is 47.9 Å². The summed E-state index contributed by atoms with van der Waals surface area (Å²) in [7, 11) is 0. The van der Waals surface area contributed by atoms with Gasteiger partial charge in [0.15, 0.2) is 0 Å². The van der Waals surface area contributed by atoms with Crippen LogP contribution in [-0.2, 0) is 6.54 Å². The standard InChI is InChI=1S/C61H93N2/c1-3-5-7-9-11-13-15-17-18-19-20-21-22-23-24-26-28-30-35-43-55-63-59(53-51-57-45-39-41-49-61(57)63)47-37-33-31-32-36-46-58-52-50-56-44-38-40-48-60(56)62(58)54-42-34-29-27-25-16-14-12-10-8-6-4-2/h31-33,36-41,44-53H,3-30,34-35,42-43,54-55H2,1-2H3/q+1. The monoisotopic (exact) mass is 854 g/mol. The van der Waals surface area contributed by atoms with Crippen LogP contribution in [0.4, 0.5) is 5.69 Å². The highest BCUT2D eigenvalue weighted by atomic mass is 15.1. The fourth-order valence-electron chi connectivity index (χ4n) is 9.48. The van der Waals surface area contributed by atoms with Crippen LogP contribution < -0.4 is 9.47 Å². The van der Waals surface area contributed by atoms with Gasteiger partial charge in [-0.25, -0.2) is 0 Å². The van der Waals surface area contributed by atoms with Crippen molar-refractivity contribution >= 4 is 28.7 Å². The summed E-state index contributed by atoms with van der Waals surface area (Å²) in [4.78, 5) is 2.53. The average molecular weight is 854 g/mol. The molecular formula is C61H93N2+. The number of anilines is 1. The molecule has 0 aliphatic carbocycles. The third-order valence-electron chi connectivity index (χ3n) is 13.4. The maximum Gasteiger partial charge on any atom is 0.212 e. The van der Waals surface area contributed by atoms with Crippen molar-refractivity contribution in [1.29, 1.82) is 0 Å². The van der Waals surface area contributed by atoms with Gasteiger partial charge in [-0.1, -0.05) is 267 Å². The number of para-hydroxylation sites is 2. The number of rotatable bonds is 38. The molecule has 346 valence electrons. The molecule has 0 saturated heterocycles. The largest absolute Gasteiger partial charge is 0.341 e. The van der Waals surface area contributed by atoms with Crippen LogP contribution in [0, 0.1) is 0 Å². The second kappa shape index (κ2) is 35.7. The molecule has 1 aromatic heterocycles. The highest BCUT2D eigenvalue weighted by Gasteiger charge is 2.16. The van der Waals surface area contributed by atoms with E-state index in [1.165, 1.54) is 239 Å². The number of allylic oxidation sites excluding steroid dienone is 7. The van der Waals surface area contributed by atoms with Gasteiger partial charge in [0.2, 0.25) is 11.2 Å². The molecule has 0 saturated carbocycles. The number of fused-ring (bicyclic) bond motifs is 2. The third-order valence-corrected chi connectivity index (χ3v) is 13.4. The molecule has 4 rings (SSSR count). The number of aryl methyl sites for hydroxylation is 1. The van der Waals surface area contributed by atoms with Gasteiger partial charge in [0.05, 0.1) is 0 Å². The number of hydrogen-bond donors (Lipinski definition) is 0. The predicted molar refractivity (Wildman–Crippen MR) is 281 cm³/mol. The topological polar surface area (TPSA) is 7.12 Å². The number of pyridine rings is 1. The molecule has 0 fully saturated rings. The lowest BCUT2D eigenvalue weighted by molar-refractivity contribution is -0.673. The highest BCUT2D eigenvalue weighted by Crippen LogP contribution is 2.31. The van der Waals surface area contributed by atoms with E-state index in [1.807, 2.05) is 0 Å². The van der Waals surface area contributed by atoms with Gasteiger partial charge in [0.1, 0.15) is 6.54 Å². The third kappa shape index (κ3) is 22.7. The van der Waals surface area contributed by atoms with E-state index >= 15 is 0 Å². The molecule has 1 aliphatic heterocycles. The average Bonchev–Trinajstić information content (AvgIpc) is 3.31. The van der Waals surface area contributed by atoms with Crippen LogP contribution in [0.3, 0.4) is 0 Å². The summed E-state index contributed by atoms with van der Waals surface area (Å²) in [6.07, 6.45) is 65.0. The summed E-state index contributed by atoms with van der Waals surface area (Å²) >= 11 is 0. The van der Waals surface area contributed by atoms with Crippen molar-refractivity contribution in [3.05, 3.63) is 120 Å². The second-order valence-electron chi connectivity index (χ2n) is 18.8. The van der Waals surface area contributed by atoms with Crippen molar-refractivity contribution < 1.29 is 4.57 Å². The minimum atomic E-state index is 1.07. The van der Waals surface area contributed by atoms with Crippen molar-refractivity contribution in [3.63, 3.8) is 0 Å². The molecule has 0 bridgehead atoms. The lowest BCUT2D eigenvalue weighted by Crippen LogP contribution is -2.38. The highest BCUT2D eigenvalue weighted by molar-refractivity contribution is 5.77. The van der Waals surface area contributed by atoms with Crippen molar-refractivity contribution in [2.24, 2.45) is 0 Å². The molecule has 2 nitrogen and oxygen atoms in total.